The average molecular weight is 259 g/mol. The van der Waals surface area contributed by atoms with Gasteiger partial charge < -0.3 is 14.7 Å². The van der Waals surface area contributed by atoms with Crippen LogP contribution in [0.1, 0.15) is 13.8 Å². The van der Waals surface area contributed by atoms with Gasteiger partial charge in [-0.3, -0.25) is 5.32 Å². The zero-order valence-corrected chi connectivity index (χ0v) is 11.2. The molecule has 0 saturated carbocycles. The predicted octanol–water partition coefficient (Wildman–Crippen LogP) is 1.39. The fraction of sp³-hybridized carbons (Fsp3) is 0.600. The Morgan fingerprint density at radius 2 is 2.35 bits per heavy atom. The second-order valence-electron chi connectivity index (χ2n) is 4.29. The lowest BCUT2D eigenvalue weighted by Crippen LogP contribution is -2.41. The third kappa shape index (κ3) is 4.58. The molecule has 0 aliphatic carbocycles. The summed E-state index contributed by atoms with van der Waals surface area (Å²) in [6.07, 6.45) is 1.54. The molecule has 7 heteroatoms. The first-order chi connectivity index (χ1) is 7.81. The molecule has 2 amide bonds. The third-order valence-corrected chi connectivity index (χ3v) is 2.74. The van der Waals surface area contributed by atoms with Gasteiger partial charge in [-0.05, 0) is 13.8 Å². The van der Waals surface area contributed by atoms with E-state index >= 15 is 0 Å². The SMILES string of the molecule is COc1cnc(NC(=O)N(C)CC(C)(C)O)s1. The van der Waals surface area contributed by atoms with Gasteiger partial charge in [0.15, 0.2) is 10.2 Å². The third-order valence-electron chi connectivity index (χ3n) is 1.87. The topological polar surface area (TPSA) is 74.7 Å². The Kier molecular flexibility index (Phi) is 4.30. The van der Waals surface area contributed by atoms with Crippen LogP contribution in [0.15, 0.2) is 6.20 Å². The molecule has 0 aromatic carbocycles. The van der Waals surface area contributed by atoms with Crippen molar-refractivity contribution < 1.29 is 14.6 Å². The highest BCUT2D eigenvalue weighted by atomic mass is 32.1. The smallest absolute Gasteiger partial charge is 0.323 e. The first-order valence-electron chi connectivity index (χ1n) is 5.06. The molecule has 1 heterocycles. The average Bonchev–Trinajstić information content (AvgIpc) is 2.62. The van der Waals surface area contributed by atoms with Crippen molar-refractivity contribution in [1.82, 2.24) is 9.88 Å². The number of aromatic nitrogens is 1. The summed E-state index contributed by atoms with van der Waals surface area (Å²) >= 11 is 1.24. The Labute approximate surface area is 104 Å². The molecule has 0 unspecified atom stereocenters. The van der Waals surface area contributed by atoms with Crippen molar-refractivity contribution in [3.8, 4) is 5.06 Å². The molecule has 0 bridgehead atoms. The van der Waals surface area contributed by atoms with E-state index in [0.29, 0.717) is 10.2 Å². The number of methoxy groups -OCH3 is 1. The number of urea groups is 1. The maximum absolute atomic E-state index is 11.7. The lowest BCUT2D eigenvalue weighted by Gasteiger charge is -2.25. The van der Waals surface area contributed by atoms with Crippen LogP contribution in [0, 0.1) is 0 Å². The number of rotatable bonds is 4. The summed E-state index contributed by atoms with van der Waals surface area (Å²) in [5.74, 6) is 0. The molecule has 0 saturated heterocycles. The molecule has 0 aliphatic heterocycles. The van der Waals surface area contributed by atoms with Crippen molar-refractivity contribution in [2.24, 2.45) is 0 Å². The normalized spacial score (nSPS) is 11.1. The minimum absolute atomic E-state index is 0.237. The number of likely N-dealkylation sites (N-methyl/N-ethyl adjacent to an activating group) is 1. The number of carbonyl (C=O) groups is 1. The second-order valence-corrected chi connectivity index (χ2v) is 5.28. The second kappa shape index (κ2) is 5.33. The summed E-state index contributed by atoms with van der Waals surface area (Å²) < 4.78 is 4.97. The molecule has 0 spiro atoms. The zero-order valence-electron chi connectivity index (χ0n) is 10.4. The van der Waals surface area contributed by atoms with E-state index in [1.807, 2.05) is 0 Å². The molecule has 0 atom stereocenters. The molecule has 96 valence electrons. The first-order valence-corrected chi connectivity index (χ1v) is 5.88. The van der Waals surface area contributed by atoms with E-state index in [4.69, 9.17) is 4.74 Å². The maximum atomic E-state index is 11.7. The lowest BCUT2D eigenvalue weighted by molar-refractivity contribution is 0.0550. The summed E-state index contributed by atoms with van der Waals surface area (Å²) in [5, 5.41) is 13.3. The summed E-state index contributed by atoms with van der Waals surface area (Å²) in [6, 6.07) is -0.316. The number of anilines is 1. The van der Waals surface area contributed by atoms with Gasteiger partial charge in [-0.15, -0.1) is 0 Å². The molecular weight excluding hydrogens is 242 g/mol. The number of nitrogens with zero attached hydrogens (tertiary/aromatic N) is 2. The van der Waals surface area contributed by atoms with Crippen LogP contribution in [0.4, 0.5) is 9.93 Å². The van der Waals surface area contributed by atoms with Crippen molar-refractivity contribution in [2.75, 3.05) is 26.0 Å². The quantitative estimate of drug-likeness (QED) is 0.856. The highest BCUT2D eigenvalue weighted by Gasteiger charge is 2.19. The van der Waals surface area contributed by atoms with Crippen molar-refractivity contribution >= 4 is 22.5 Å². The van der Waals surface area contributed by atoms with E-state index in [1.165, 1.54) is 22.4 Å². The minimum atomic E-state index is -0.924. The number of hydrogen-bond acceptors (Lipinski definition) is 5. The molecule has 1 aromatic rings. The van der Waals surface area contributed by atoms with E-state index in [-0.39, 0.29) is 12.6 Å². The Bertz CT molecular complexity index is 386. The number of carbonyl (C=O) groups excluding carboxylic acids is 1. The summed E-state index contributed by atoms with van der Waals surface area (Å²) in [5.41, 5.74) is -0.924. The van der Waals surface area contributed by atoms with Gasteiger partial charge in [0.25, 0.3) is 0 Å². The minimum Gasteiger partial charge on any atom is -0.486 e. The van der Waals surface area contributed by atoms with Crippen LogP contribution in [-0.2, 0) is 0 Å². The van der Waals surface area contributed by atoms with Gasteiger partial charge in [0, 0.05) is 7.05 Å². The Balaban J connectivity index is 2.54. The maximum Gasteiger partial charge on any atom is 0.323 e. The van der Waals surface area contributed by atoms with Gasteiger partial charge in [0.1, 0.15) is 0 Å². The molecule has 0 radical (unpaired) electrons. The van der Waals surface area contributed by atoms with Gasteiger partial charge in [-0.1, -0.05) is 11.3 Å². The van der Waals surface area contributed by atoms with E-state index < -0.39 is 5.60 Å². The van der Waals surface area contributed by atoms with E-state index in [0.717, 1.165) is 0 Å². The molecule has 6 nitrogen and oxygen atoms in total. The van der Waals surface area contributed by atoms with Crippen LogP contribution >= 0.6 is 11.3 Å². The van der Waals surface area contributed by atoms with E-state index in [2.05, 4.69) is 10.3 Å². The van der Waals surface area contributed by atoms with Crippen molar-refractivity contribution in [1.29, 1.82) is 0 Å². The van der Waals surface area contributed by atoms with Crippen molar-refractivity contribution in [3.05, 3.63) is 6.20 Å². The summed E-state index contributed by atoms with van der Waals surface area (Å²) in [6.45, 7) is 3.52. The molecule has 1 aromatic heterocycles. The summed E-state index contributed by atoms with van der Waals surface area (Å²) in [4.78, 5) is 17.1. The monoisotopic (exact) mass is 259 g/mol. The molecule has 0 fully saturated rings. The number of nitrogens with one attached hydrogen (secondary N) is 1. The number of ether oxygens (including phenoxy) is 1. The van der Waals surface area contributed by atoms with Gasteiger partial charge in [-0.25, -0.2) is 9.78 Å². The zero-order chi connectivity index (χ0) is 13.1. The predicted molar refractivity (Wildman–Crippen MR) is 66.6 cm³/mol. The standard InChI is InChI=1S/C10H17N3O3S/c1-10(2,15)6-13(3)9(14)12-8-11-5-7(16-4)17-8/h5,15H,6H2,1-4H3,(H,11,12,14). The molecule has 2 N–H and O–H groups in total. The van der Waals surface area contributed by atoms with Crippen LogP contribution < -0.4 is 10.1 Å². The highest BCUT2D eigenvalue weighted by molar-refractivity contribution is 7.17. The lowest BCUT2D eigenvalue weighted by atomic mass is 10.1. The highest BCUT2D eigenvalue weighted by Crippen LogP contribution is 2.25. The van der Waals surface area contributed by atoms with Crippen LogP contribution in [-0.4, -0.2) is 47.3 Å². The molecule has 0 aliphatic rings. The summed E-state index contributed by atoms with van der Waals surface area (Å²) in [7, 11) is 3.15. The molecular formula is C10H17N3O3S. The Hall–Kier alpha value is -1.34. The van der Waals surface area contributed by atoms with E-state index in [1.54, 1.807) is 28.0 Å². The Morgan fingerprint density at radius 3 is 2.82 bits per heavy atom. The van der Waals surface area contributed by atoms with Gasteiger partial charge in [0.2, 0.25) is 0 Å². The molecule has 17 heavy (non-hydrogen) atoms. The van der Waals surface area contributed by atoms with Crippen LogP contribution in [0.3, 0.4) is 0 Å². The number of aliphatic hydroxyl groups is 1. The van der Waals surface area contributed by atoms with Crippen LogP contribution in [0.2, 0.25) is 0 Å². The van der Waals surface area contributed by atoms with Gasteiger partial charge >= 0.3 is 6.03 Å². The largest absolute Gasteiger partial charge is 0.486 e. The fourth-order valence-corrected chi connectivity index (χ4v) is 1.87. The van der Waals surface area contributed by atoms with Gasteiger partial charge in [0.05, 0.1) is 25.5 Å². The van der Waals surface area contributed by atoms with Crippen LogP contribution in [0.5, 0.6) is 5.06 Å². The fourth-order valence-electron chi connectivity index (χ4n) is 1.25. The van der Waals surface area contributed by atoms with Crippen molar-refractivity contribution in [3.63, 3.8) is 0 Å². The number of hydrogen-bond donors (Lipinski definition) is 2. The first kappa shape index (κ1) is 13.7. The Morgan fingerprint density at radius 1 is 1.71 bits per heavy atom. The molecule has 1 rings (SSSR count). The van der Waals surface area contributed by atoms with Crippen molar-refractivity contribution in [2.45, 2.75) is 19.4 Å². The van der Waals surface area contributed by atoms with Crippen LogP contribution in [0.25, 0.3) is 0 Å². The van der Waals surface area contributed by atoms with Gasteiger partial charge in [-0.2, -0.15) is 0 Å². The van der Waals surface area contributed by atoms with E-state index in [9.17, 15) is 9.90 Å². The number of thiazole rings is 1. The number of amides is 2.